The Hall–Kier alpha value is -1.37. The van der Waals surface area contributed by atoms with Crippen molar-refractivity contribution in [2.24, 2.45) is 0 Å². The van der Waals surface area contributed by atoms with Crippen molar-refractivity contribution < 1.29 is 9.90 Å². The van der Waals surface area contributed by atoms with Crippen LogP contribution in [0.5, 0.6) is 0 Å². The topological polar surface area (TPSA) is 61.4 Å². The van der Waals surface area contributed by atoms with Crippen molar-refractivity contribution >= 4 is 28.7 Å². The Kier molecular flexibility index (Phi) is 5.17. The molecule has 0 aliphatic heterocycles. The molecule has 0 aliphatic rings. The van der Waals surface area contributed by atoms with Crippen LogP contribution in [0.15, 0.2) is 29.0 Å². The number of aliphatic hydroxyl groups is 1. The normalized spacial score (nSPS) is 12.4. The van der Waals surface area contributed by atoms with Gasteiger partial charge in [0.25, 0.3) is 0 Å². The van der Waals surface area contributed by atoms with Crippen LogP contribution in [-0.4, -0.2) is 17.2 Å². The molecule has 2 aromatic heterocycles. The van der Waals surface area contributed by atoms with Gasteiger partial charge in [-0.05, 0) is 48.4 Å². The van der Waals surface area contributed by atoms with E-state index in [-0.39, 0.29) is 12.1 Å². The van der Waals surface area contributed by atoms with Crippen molar-refractivity contribution in [1.29, 1.82) is 0 Å². The highest BCUT2D eigenvalue weighted by atomic mass is 32.1. The Bertz CT molecular complexity index is 549. The summed E-state index contributed by atoms with van der Waals surface area (Å²) in [6, 6.07) is 5.71. The number of thiophene rings is 2. The molecule has 2 aromatic rings. The van der Waals surface area contributed by atoms with Crippen molar-refractivity contribution in [3.63, 3.8) is 0 Å². The van der Waals surface area contributed by atoms with Gasteiger partial charge in [0.1, 0.15) is 6.10 Å². The molecule has 2 heterocycles. The van der Waals surface area contributed by atoms with Crippen LogP contribution in [0.2, 0.25) is 0 Å². The van der Waals surface area contributed by atoms with E-state index >= 15 is 0 Å². The second-order valence-corrected chi connectivity index (χ2v) is 6.72. The fourth-order valence-corrected chi connectivity index (χ4v) is 3.36. The lowest BCUT2D eigenvalue weighted by molar-refractivity contribution is 0.224. The van der Waals surface area contributed by atoms with Gasteiger partial charge in [-0.1, -0.05) is 0 Å². The van der Waals surface area contributed by atoms with Crippen LogP contribution >= 0.6 is 22.7 Å². The van der Waals surface area contributed by atoms with E-state index in [1.54, 1.807) is 11.3 Å². The first-order valence-electron chi connectivity index (χ1n) is 6.39. The summed E-state index contributed by atoms with van der Waals surface area (Å²) in [5, 5.41) is 19.7. The molecule has 1 atom stereocenters. The van der Waals surface area contributed by atoms with E-state index < -0.39 is 6.10 Å². The lowest BCUT2D eigenvalue weighted by Crippen LogP contribution is -2.38. The number of urea groups is 1. The van der Waals surface area contributed by atoms with E-state index in [2.05, 4.69) is 10.6 Å². The highest BCUT2D eigenvalue weighted by Gasteiger charge is 2.13. The molecule has 0 aliphatic carbocycles. The van der Waals surface area contributed by atoms with E-state index in [0.29, 0.717) is 6.54 Å². The van der Waals surface area contributed by atoms with Crippen molar-refractivity contribution in [2.45, 2.75) is 32.5 Å². The minimum absolute atomic E-state index is 0.120. The fourth-order valence-electron chi connectivity index (χ4n) is 1.71. The lowest BCUT2D eigenvalue weighted by atomic mass is 10.2. The number of amides is 2. The average molecular weight is 310 g/mol. The Morgan fingerprint density at radius 1 is 1.35 bits per heavy atom. The molecule has 3 N–H and O–H groups in total. The van der Waals surface area contributed by atoms with Gasteiger partial charge in [0, 0.05) is 15.8 Å². The molecule has 0 saturated carbocycles. The van der Waals surface area contributed by atoms with E-state index in [4.69, 9.17) is 0 Å². The summed E-state index contributed by atoms with van der Waals surface area (Å²) >= 11 is 3.08. The first-order valence-corrected chi connectivity index (χ1v) is 8.15. The first kappa shape index (κ1) is 15.0. The average Bonchev–Trinajstić information content (AvgIpc) is 3.06. The molecule has 0 fully saturated rings. The molecule has 2 rings (SSSR count). The maximum absolute atomic E-state index is 11.5. The zero-order valence-electron chi connectivity index (χ0n) is 11.4. The number of hydrogen-bond donors (Lipinski definition) is 3. The molecule has 20 heavy (non-hydrogen) atoms. The predicted molar refractivity (Wildman–Crippen MR) is 83.2 cm³/mol. The maximum atomic E-state index is 11.5. The molecule has 4 nitrogen and oxygen atoms in total. The summed E-state index contributed by atoms with van der Waals surface area (Å²) in [4.78, 5) is 13.4. The van der Waals surface area contributed by atoms with Gasteiger partial charge >= 0.3 is 6.03 Å². The number of carbonyl (C=O) groups excluding carboxylic acids is 1. The van der Waals surface area contributed by atoms with Crippen molar-refractivity contribution in [1.82, 2.24) is 10.6 Å². The smallest absolute Gasteiger partial charge is 0.315 e. The minimum Gasteiger partial charge on any atom is -0.383 e. The second-order valence-electron chi connectivity index (χ2n) is 4.75. The third kappa shape index (κ3) is 4.06. The van der Waals surface area contributed by atoms with E-state index in [0.717, 1.165) is 15.3 Å². The van der Waals surface area contributed by atoms with Crippen molar-refractivity contribution in [3.8, 4) is 0 Å². The Balaban J connectivity index is 1.91. The highest BCUT2D eigenvalue weighted by Crippen LogP contribution is 2.29. The number of hydrogen-bond acceptors (Lipinski definition) is 4. The molecule has 0 saturated heterocycles. The molecular weight excluding hydrogens is 292 g/mol. The molecule has 0 aromatic carbocycles. The molecule has 6 heteroatoms. The van der Waals surface area contributed by atoms with Crippen LogP contribution in [0.4, 0.5) is 4.79 Å². The van der Waals surface area contributed by atoms with Crippen LogP contribution in [0.3, 0.4) is 0 Å². The third-order valence-corrected chi connectivity index (χ3v) is 4.49. The quantitative estimate of drug-likeness (QED) is 0.794. The fraction of sp³-hybridized carbons (Fsp3) is 0.357. The molecule has 108 valence electrons. The van der Waals surface area contributed by atoms with Gasteiger partial charge in [-0.25, -0.2) is 4.79 Å². The van der Waals surface area contributed by atoms with Gasteiger partial charge in [0.05, 0.1) is 6.54 Å². The number of carbonyl (C=O) groups is 1. The Morgan fingerprint density at radius 3 is 2.80 bits per heavy atom. The van der Waals surface area contributed by atoms with Crippen LogP contribution in [0.1, 0.15) is 35.3 Å². The number of rotatable bonds is 5. The Morgan fingerprint density at radius 2 is 2.15 bits per heavy atom. The number of aliphatic hydroxyl groups excluding tert-OH is 1. The zero-order valence-corrected chi connectivity index (χ0v) is 13.1. The van der Waals surface area contributed by atoms with Gasteiger partial charge in [-0.3, -0.25) is 0 Å². The summed E-state index contributed by atoms with van der Waals surface area (Å²) in [6.45, 7) is 4.31. The molecule has 1 unspecified atom stereocenters. The molecule has 0 spiro atoms. The van der Waals surface area contributed by atoms with Gasteiger partial charge in [0.2, 0.25) is 0 Å². The lowest BCUT2D eigenvalue weighted by Gasteiger charge is -2.09. The van der Waals surface area contributed by atoms with Crippen LogP contribution in [0, 0.1) is 0 Å². The number of nitrogens with one attached hydrogen (secondary N) is 2. The first-order chi connectivity index (χ1) is 9.56. The van der Waals surface area contributed by atoms with Crippen LogP contribution in [-0.2, 0) is 6.54 Å². The van der Waals surface area contributed by atoms with E-state index in [9.17, 15) is 9.90 Å². The minimum atomic E-state index is -0.579. The second kappa shape index (κ2) is 6.88. The monoisotopic (exact) mass is 310 g/mol. The summed E-state index contributed by atoms with van der Waals surface area (Å²) < 4.78 is 0. The predicted octanol–water partition coefficient (Wildman–Crippen LogP) is 3.10. The molecule has 0 radical (unpaired) electrons. The summed E-state index contributed by atoms with van der Waals surface area (Å²) in [5.41, 5.74) is 0.911. The van der Waals surface area contributed by atoms with Crippen LogP contribution in [0.25, 0.3) is 0 Å². The molecule has 0 bridgehead atoms. The third-order valence-electron chi connectivity index (χ3n) is 2.65. The largest absolute Gasteiger partial charge is 0.383 e. The maximum Gasteiger partial charge on any atom is 0.315 e. The van der Waals surface area contributed by atoms with Gasteiger partial charge < -0.3 is 15.7 Å². The van der Waals surface area contributed by atoms with Gasteiger partial charge in [-0.15, -0.1) is 11.3 Å². The highest BCUT2D eigenvalue weighted by molar-refractivity contribution is 7.12. The Labute approximate surface area is 126 Å². The molecule has 2 amide bonds. The molecular formula is C14H18N2O2S2. The summed E-state index contributed by atoms with van der Waals surface area (Å²) in [7, 11) is 0. The van der Waals surface area contributed by atoms with Crippen molar-refractivity contribution in [3.05, 3.63) is 44.3 Å². The van der Waals surface area contributed by atoms with Gasteiger partial charge in [-0.2, -0.15) is 11.3 Å². The van der Waals surface area contributed by atoms with Crippen molar-refractivity contribution in [2.75, 3.05) is 0 Å². The van der Waals surface area contributed by atoms with Gasteiger partial charge in [0.15, 0.2) is 0 Å². The van der Waals surface area contributed by atoms with E-state index in [1.165, 1.54) is 11.3 Å². The summed E-state index contributed by atoms with van der Waals surface area (Å²) in [5.74, 6) is 0. The van der Waals surface area contributed by atoms with Crippen LogP contribution < -0.4 is 10.6 Å². The zero-order chi connectivity index (χ0) is 14.5. The SMILES string of the molecule is CC(C)NC(=O)NCc1ccc(C(O)c2ccsc2)s1. The summed E-state index contributed by atoms with van der Waals surface area (Å²) in [6.07, 6.45) is -0.579. The van der Waals surface area contributed by atoms with E-state index in [1.807, 2.05) is 42.8 Å². The standard InChI is InChI=1S/C14H18N2O2S2/c1-9(2)16-14(18)15-7-11-3-4-12(20-11)13(17)10-5-6-19-8-10/h3-6,8-9,13,17H,7H2,1-2H3,(H2,15,16,18).